The van der Waals surface area contributed by atoms with Gasteiger partial charge in [0, 0.05) is 5.69 Å². The summed E-state index contributed by atoms with van der Waals surface area (Å²) in [5, 5.41) is 1.62. The molecule has 15 heavy (non-hydrogen) atoms. The largest absolute Gasteiger partial charge is 0.343 e. The van der Waals surface area contributed by atoms with Crippen LogP contribution in [0.1, 0.15) is 30.5 Å². The van der Waals surface area contributed by atoms with Crippen molar-refractivity contribution < 1.29 is 0 Å². The van der Waals surface area contributed by atoms with Crippen molar-refractivity contribution in [2.75, 3.05) is 0 Å². The molecule has 0 saturated carbocycles. The molecule has 2 aromatic heterocycles. The van der Waals surface area contributed by atoms with Crippen LogP contribution in [-0.4, -0.2) is 15.0 Å². The van der Waals surface area contributed by atoms with Gasteiger partial charge in [-0.15, -0.1) is 0 Å². The van der Waals surface area contributed by atoms with E-state index in [9.17, 15) is 0 Å². The minimum absolute atomic E-state index is 0.583. The smallest absolute Gasteiger partial charge is 0.142 e. The zero-order valence-electron chi connectivity index (χ0n) is 8.39. The Morgan fingerprint density at radius 3 is 2.93 bits per heavy atom. The van der Waals surface area contributed by atoms with Gasteiger partial charge < -0.3 is 4.98 Å². The van der Waals surface area contributed by atoms with Gasteiger partial charge in [0.1, 0.15) is 17.1 Å². The van der Waals surface area contributed by atoms with Crippen LogP contribution in [-0.2, 0) is 12.8 Å². The number of aryl methyl sites for hydroxylation is 2. The number of fused-ring (bicyclic) bond motifs is 3. The SMILES string of the molecule is Clc1ncnc2[nH]c3c(c12)CCCCC3. The molecule has 0 unspecified atom stereocenters. The van der Waals surface area contributed by atoms with Gasteiger partial charge in [-0.2, -0.15) is 0 Å². The van der Waals surface area contributed by atoms with Crippen molar-refractivity contribution in [1.29, 1.82) is 0 Å². The molecular formula is C11H12ClN3. The van der Waals surface area contributed by atoms with Crippen LogP contribution < -0.4 is 0 Å². The van der Waals surface area contributed by atoms with Crippen molar-refractivity contribution in [2.45, 2.75) is 32.1 Å². The topological polar surface area (TPSA) is 41.6 Å². The van der Waals surface area contributed by atoms with Crippen molar-refractivity contribution >= 4 is 22.6 Å². The number of H-pyrrole nitrogens is 1. The molecule has 78 valence electrons. The van der Waals surface area contributed by atoms with Gasteiger partial charge in [0.05, 0.1) is 5.39 Å². The average molecular weight is 222 g/mol. The number of aromatic nitrogens is 3. The minimum atomic E-state index is 0.583. The molecule has 0 fully saturated rings. The van der Waals surface area contributed by atoms with Crippen LogP contribution in [0.25, 0.3) is 11.0 Å². The first-order chi connectivity index (χ1) is 7.36. The van der Waals surface area contributed by atoms with Gasteiger partial charge in [0.2, 0.25) is 0 Å². The number of rotatable bonds is 0. The predicted octanol–water partition coefficient (Wildman–Crippen LogP) is 2.88. The van der Waals surface area contributed by atoms with Crippen LogP contribution >= 0.6 is 11.6 Å². The third-order valence-electron chi connectivity index (χ3n) is 3.09. The van der Waals surface area contributed by atoms with E-state index in [0.29, 0.717) is 5.15 Å². The summed E-state index contributed by atoms with van der Waals surface area (Å²) in [7, 11) is 0. The average Bonchev–Trinajstić information content (AvgIpc) is 2.43. The van der Waals surface area contributed by atoms with Gasteiger partial charge in [-0.25, -0.2) is 9.97 Å². The zero-order valence-corrected chi connectivity index (χ0v) is 9.14. The van der Waals surface area contributed by atoms with Crippen molar-refractivity contribution in [3.05, 3.63) is 22.7 Å². The van der Waals surface area contributed by atoms with Crippen LogP contribution in [0.2, 0.25) is 5.15 Å². The van der Waals surface area contributed by atoms with Crippen molar-refractivity contribution in [2.24, 2.45) is 0 Å². The monoisotopic (exact) mass is 221 g/mol. The van der Waals surface area contributed by atoms with E-state index in [1.165, 1.54) is 36.8 Å². The first-order valence-electron chi connectivity index (χ1n) is 5.36. The molecule has 4 heteroatoms. The molecule has 1 N–H and O–H groups in total. The second-order valence-corrected chi connectivity index (χ2v) is 4.39. The Kier molecular flexibility index (Phi) is 2.13. The fourth-order valence-electron chi connectivity index (χ4n) is 2.37. The van der Waals surface area contributed by atoms with Crippen LogP contribution in [0.15, 0.2) is 6.33 Å². The van der Waals surface area contributed by atoms with Gasteiger partial charge in [-0.05, 0) is 31.2 Å². The number of aromatic amines is 1. The predicted molar refractivity (Wildman–Crippen MR) is 60.2 cm³/mol. The van der Waals surface area contributed by atoms with E-state index in [0.717, 1.165) is 23.9 Å². The Morgan fingerprint density at radius 1 is 1.13 bits per heavy atom. The number of nitrogens with one attached hydrogen (secondary N) is 1. The number of hydrogen-bond donors (Lipinski definition) is 1. The van der Waals surface area contributed by atoms with E-state index in [1.54, 1.807) is 0 Å². The molecular weight excluding hydrogens is 210 g/mol. The van der Waals surface area contributed by atoms with Crippen LogP contribution in [0.4, 0.5) is 0 Å². The van der Waals surface area contributed by atoms with Crippen LogP contribution in [0, 0.1) is 0 Å². The van der Waals surface area contributed by atoms with Crippen molar-refractivity contribution in [3.63, 3.8) is 0 Å². The molecule has 0 spiro atoms. The van der Waals surface area contributed by atoms with Crippen molar-refractivity contribution in [1.82, 2.24) is 15.0 Å². The van der Waals surface area contributed by atoms with E-state index in [2.05, 4.69) is 15.0 Å². The Balaban J connectivity index is 2.29. The summed E-state index contributed by atoms with van der Waals surface area (Å²) in [6.07, 6.45) is 7.52. The molecule has 2 aromatic rings. The molecule has 1 aliphatic carbocycles. The Bertz CT molecular complexity index is 504. The highest BCUT2D eigenvalue weighted by molar-refractivity contribution is 6.34. The fraction of sp³-hybridized carbons (Fsp3) is 0.455. The summed E-state index contributed by atoms with van der Waals surface area (Å²) in [6.45, 7) is 0. The Morgan fingerprint density at radius 2 is 2.00 bits per heavy atom. The highest BCUT2D eigenvalue weighted by atomic mass is 35.5. The van der Waals surface area contributed by atoms with Gasteiger partial charge in [0.25, 0.3) is 0 Å². The van der Waals surface area contributed by atoms with E-state index in [4.69, 9.17) is 11.6 Å². The lowest BCUT2D eigenvalue weighted by Crippen LogP contribution is -1.87. The summed E-state index contributed by atoms with van der Waals surface area (Å²) in [6, 6.07) is 0. The lowest BCUT2D eigenvalue weighted by atomic mass is 10.1. The molecule has 0 bridgehead atoms. The summed E-state index contributed by atoms with van der Waals surface area (Å²) in [4.78, 5) is 11.6. The first-order valence-corrected chi connectivity index (χ1v) is 5.74. The second-order valence-electron chi connectivity index (χ2n) is 4.03. The highest BCUT2D eigenvalue weighted by Crippen LogP contribution is 2.30. The second kappa shape index (κ2) is 3.49. The number of hydrogen-bond acceptors (Lipinski definition) is 2. The molecule has 0 amide bonds. The lowest BCUT2D eigenvalue weighted by Gasteiger charge is -1.98. The van der Waals surface area contributed by atoms with Gasteiger partial charge in [0.15, 0.2) is 0 Å². The molecule has 0 aliphatic heterocycles. The summed E-state index contributed by atoms with van der Waals surface area (Å²) in [5.41, 5.74) is 3.54. The summed E-state index contributed by atoms with van der Waals surface area (Å²) in [5.74, 6) is 0. The maximum Gasteiger partial charge on any atom is 0.142 e. The molecule has 3 nitrogen and oxygen atoms in total. The molecule has 0 saturated heterocycles. The maximum absolute atomic E-state index is 6.12. The molecule has 0 aromatic carbocycles. The quantitative estimate of drug-likeness (QED) is 0.549. The molecule has 1 aliphatic rings. The fourth-order valence-corrected chi connectivity index (χ4v) is 2.61. The highest BCUT2D eigenvalue weighted by Gasteiger charge is 2.17. The molecule has 0 radical (unpaired) electrons. The van der Waals surface area contributed by atoms with E-state index in [-0.39, 0.29) is 0 Å². The molecule has 2 heterocycles. The third-order valence-corrected chi connectivity index (χ3v) is 3.38. The number of nitrogens with zero attached hydrogens (tertiary/aromatic N) is 2. The molecule has 0 atom stereocenters. The Hall–Kier alpha value is -1.09. The van der Waals surface area contributed by atoms with Crippen LogP contribution in [0.5, 0.6) is 0 Å². The van der Waals surface area contributed by atoms with Gasteiger partial charge in [-0.3, -0.25) is 0 Å². The van der Waals surface area contributed by atoms with Crippen LogP contribution in [0.3, 0.4) is 0 Å². The van der Waals surface area contributed by atoms with E-state index in [1.807, 2.05) is 0 Å². The van der Waals surface area contributed by atoms with E-state index >= 15 is 0 Å². The van der Waals surface area contributed by atoms with Gasteiger partial charge >= 0.3 is 0 Å². The normalized spacial score (nSPS) is 16.3. The third kappa shape index (κ3) is 1.42. The lowest BCUT2D eigenvalue weighted by molar-refractivity contribution is 0.708. The molecule has 3 rings (SSSR count). The van der Waals surface area contributed by atoms with Crippen molar-refractivity contribution in [3.8, 4) is 0 Å². The first kappa shape index (κ1) is 9.16. The van der Waals surface area contributed by atoms with Gasteiger partial charge in [-0.1, -0.05) is 18.0 Å². The standard InChI is InChI=1S/C11H12ClN3/c12-10-9-7-4-2-1-3-5-8(7)15-11(9)14-6-13-10/h6H,1-5H2,(H,13,14,15). The zero-order chi connectivity index (χ0) is 10.3. The minimum Gasteiger partial charge on any atom is -0.343 e. The number of halogens is 1. The summed E-state index contributed by atoms with van der Waals surface area (Å²) >= 11 is 6.12. The summed E-state index contributed by atoms with van der Waals surface area (Å²) < 4.78 is 0. The Labute approximate surface area is 92.9 Å². The van der Waals surface area contributed by atoms with E-state index < -0.39 is 0 Å². The maximum atomic E-state index is 6.12.